The quantitative estimate of drug-likeness (QED) is 0.101. The molecule has 0 aromatic carbocycles. The van der Waals surface area contributed by atoms with Gasteiger partial charge in [-0.1, -0.05) is 90.4 Å². The standard InChI is InChI=1S/C28H51N4O6P/c1-2-3-4-5-6-7-8-9-10-11-12-13-14-15-18-36-19-16-20-38-39(34,35)23-22-37-21-17-32-25-31-26-27(32)29-24-30-28(26)33/h24-25H,2-23H2,1H3,(H,34,35)(H,29,30,33). The molecule has 0 spiro atoms. The van der Waals surface area contributed by atoms with E-state index in [1.54, 1.807) is 4.57 Å². The molecular formula is C28H51N4O6P. The predicted molar refractivity (Wildman–Crippen MR) is 155 cm³/mol. The molecule has 39 heavy (non-hydrogen) atoms. The van der Waals surface area contributed by atoms with Crippen LogP contribution in [0.3, 0.4) is 0 Å². The van der Waals surface area contributed by atoms with E-state index in [9.17, 15) is 14.3 Å². The fraction of sp³-hybridized carbons (Fsp3) is 0.821. The molecule has 0 aliphatic rings. The largest absolute Gasteiger partial charge is 0.381 e. The van der Waals surface area contributed by atoms with Crippen molar-refractivity contribution in [3.63, 3.8) is 0 Å². The Morgan fingerprint density at radius 2 is 1.38 bits per heavy atom. The van der Waals surface area contributed by atoms with E-state index < -0.39 is 7.60 Å². The second-order valence-corrected chi connectivity index (χ2v) is 12.2. The van der Waals surface area contributed by atoms with E-state index in [4.69, 9.17) is 14.0 Å². The normalized spacial score (nSPS) is 13.3. The van der Waals surface area contributed by atoms with Gasteiger partial charge in [0.1, 0.15) is 0 Å². The third kappa shape index (κ3) is 15.7. The molecule has 1 atom stereocenters. The topological polar surface area (TPSA) is 129 Å². The number of aromatic nitrogens is 4. The Kier molecular flexibility index (Phi) is 18.3. The SMILES string of the molecule is CCCCCCCCCCCCCCCCOCCCOP(=O)(O)CCOCCn1cnc2c(=O)[nH]cnc21. The van der Waals surface area contributed by atoms with Gasteiger partial charge in [-0.25, -0.2) is 9.97 Å². The lowest BCUT2D eigenvalue weighted by Crippen LogP contribution is -2.11. The second-order valence-electron chi connectivity index (χ2n) is 10.2. The Morgan fingerprint density at radius 1 is 0.795 bits per heavy atom. The monoisotopic (exact) mass is 570 g/mol. The summed E-state index contributed by atoms with van der Waals surface area (Å²) in [5.41, 5.74) is 0.456. The highest BCUT2D eigenvalue weighted by Gasteiger charge is 2.18. The summed E-state index contributed by atoms with van der Waals surface area (Å²) in [7, 11) is -3.69. The zero-order valence-electron chi connectivity index (χ0n) is 24.0. The van der Waals surface area contributed by atoms with Crippen LogP contribution in [0.1, 0.15) is 103 Å². The maximum atomic E-state index is 12.1. The van der Waals surface area contributed by atoms with Crippen LogP contribution >= 0.6 is 7.60 Å². The minimum absolute atomic E-state index is 0.0739. The van der Waals surface area contributed by atoms with Crippen LogP contribution in [0, 0.1) is 0 Å². The van der Waals surface area contributed by atoms with Crippen LogP contribution in [-0.2, 0) is 25.1 Å². The number of H-pyrrole nitrogens is 1. The highest BCUT2D eigenvalue weighted by atomic mass is 31.2. The minimum atomic E-state index is -3.69. The van der Waals surface area contributed by atoms with Crippen molar-refractivity contribution in [2.24, 2.45) is 0 Å². The van der Waals surface area contributed by atoms with Crippen LogP contribution < -0.4 is 5.56 Å². The molecule has 10 nitrogen and oxygen atoms in total. The molecule has 0 aliphatic carbocycles. The number of ether oxygens (including phenoxy) is 2. The Balaban J connectivity index is 1.33. The van der Waals surface area contributed by atoms with Gasteiger partial charge >= 0.3 is 7.60 Å². The number of hydrogen-bond donors (Lipinski definition) is 2. The van der Waals surface area contributed by atoms with Crippen LogP contribution in [0.2, 0.25) is 0 Å². The summed E-state index contributed by atoms with van der Waals surface area (Å²) in [4.78, 5) is 32.3. The Bertz CT molecular complexity index is 982. The zero-order chi connectivity index (χ0) is 28.0. The van der Waals surface area contributed by atoms with E-state index in [-0.39, 0.29) is 30.5 Å². The van der Waals surface area contributed by atoms with Gasteiger partial charge in [-0.2, -0.15) is 0 Å². The van der Waals surface area contributed by atoms with E-state index >= 15 is 0 Å². The molecule has 2 N–H and O–H groups in total. The van der Waals surface area contributed by atoms with E-state index in [1.165, 1.54) is 96.1 Å². The third-order valence-electron chi connectivity index (χ3n) is 6.77. The van der Waals surface area contributed by atoms with Crippen LogP contribution in [0.25, 0.3) is 11.2 Å². The van der Waals surface area contributed by atoms with Crippen LogP contribution in [0.15, 0.2) is 17.4 Å². The molecule has 11 heteroatoms. The van der Waals surface area contributed by atoms with Gasteiger partial charge in [-0.05, 0) is 12.8 Å². The summed E-state index contributed by atoms with van der Waals surface area (Å²) < 4.78 is 30.1. The molecule has 2 aromatic heterocycles. The van der Waals surface area contributed by atoms with Crippen molar-refractivity contribution >= 4 is 18.8 Å². The number of hydrogen-bond acceptors (Lipinski definition) is 7. The van der Waals surface area contributed by atoms with Gasteiger partial charge in [0.25, 0.3) is 5.56 Å². The third-order valence-corrected chi connectivity index (χ3v) is 8.10. The molecule has 0 amide bonds. The van der Waals surface area contributed by atoms with Gasteiger partial charge < -0.3 is 28.4 Å². The smallest absolute Gasteiger partial charge is 0.330 e. The molecule has 1 unspecified atom stereocenters. The molecule has 0 radical (unpaired) electrons. The first-order chi connectivity index (χ1) is 19.0. The number of nitrogens with one attached hydrogen (secondary N) is 1. The summed E-state index contributed by atoms with van der Waals surface area (Å²) >= 11 is 0. The summed E-state index contributed by atoms with van der Waals surface area (Å²) in [6.45, 7) is 4.55. The van der Waals surface area contributed by atoms with Crippen molar-refractivity contribution in [3.05, 3.63) is 23.0 Å². The average molecular weight is 571 g/mol. The minimum Gasteiger partial charge on any atom is -0.381 e. The van der Waals surface area contributed by atoms with Crippen LogP contribution in [0.5, 0.6) is 0 Å². The number of unbranched alkanes of at least 4 members (excludes halogenated alkanes) is 13. The van der Waals surface area contributed by atoms with Gasteiger partial charge in [-0.3, -0.25) is 9.36 Å². The van der Waals surface area contributed by atoms with Crippen LogP contribution in [0.4, 0.5) is 0 Å². The highest BCUT2D eigenvalue weighted by Crippen LogP contribution is 2.41. The van der Waals surface area contributed by atoms with Gasteiger partial charge in [-0.15, -0.1) is 0 Å². The number of nitrogens with zero attached hydrogens (tertiary/aromatic N) is 3. The van der Waals surface area contributed by atoms with Crippen molar-refractivity contribution in [2.75, 3.05) is 39.2 Å². The molecule has 0 saturated carbocycles. The number of aromatic amines is 1. The van der Waals surface area contributed by atoms with Gasteiger partial charge in [0.05, 0.1) is 38.6 Å². The summed E-state index contributed by atoms with van der Waals surface area (Å²) in [6.07, 6.45) is 22.1. The first-order valence-corrected chi connectivity index (χ1v) is 16.8. The number of fused-ring (bicyclic) bond motifs is 1. The van der Waals surface area contributed by atoms with Crippen molar-refractivity contribution in [1.82, 2.24) is 19.5 Å². The number of imidazole rings is 1. The highest BCUT2D eigenvalue weighted by molar-refractivity contribution is 7.52. The molecule has 0 fully saturated rings. The van der Waals surface area contributed by atoms with E-state index in [2.05, 4.69) is 21.9 Å². The maximum absolute atomic E-state index is 12.1. The molecule has 224 valence electrons. The lowest BCUT2D eigenvalue weighted by molar-refractivity contribution is 0.111. The molecule has 2 aromatic rings. The summed E-state index contributed by atoms with van der Waals surface area (Å²) in [5.74, 6) is 0. The lowest BCUT2D eigenvalue weighted by Gasteiger charge is -2.12. The van der Waals surface area contributed by atoms with E-state index in [0.717, 1.165) is 13.0 Å². The van der Waals surface area contributed by atoms with Crippen molar-refractivity contribution in [1.29, 1.82) is 0 Å². The molecule has 0 aliphatic heterocycles. The summed E-state index contributed by atoms with van der Waals surface area (Å²) in [5, 5.41) is 0. The fourth-order valence-electron chi connectivity index (χ4n) is 4.43. The summed E-state index contributed by atoms with van der Waals surface area (Å²) in [6, 6.07) is 0. The molecule has 0 bridgehead atoms. The molecule has 2 heterocycles. The van der Waals surface area contributed by atoms with Crippen molar-refractivity contribution in [2.45, 2.75) is 110 Å². The van der Waals surface area contributed by atoms with Crippen molar-refractivity contribution in [3.8, 4) is 0 Å². The molecule has 0 saturated heterocycles. The van der Waals surface area contributed by atoms with E-state index in [0.29, 0.717) is 31.8 Å². The van der Waals surface area contributed by atoms with Crippen LogP contribution in [-0.4, -0.2) is 63.6 Å². The predicted octanol–water partition coefficient (Wildman–Crippen LogP) is 6.23. The molecular weight excluding hydrogens is 519 g/mol. The Labute approximate surface area is 233 Å². The maximum Gasteiger partial charge on any atom is 0.330 e. The first kappa shape index (κ1) is 33.6. The Hall–Kier alpha value is -1.58. The van der Waals surface area contributed by atoms with E-state index in [1.807, 2.05) is 0 Å². The first-order valence-electron chi connectivity index (χ1n) is 15.0. The second kappa shape index (κ2) is 21.2. The molecule has 2 rings (SSSR count). The number of rotatable bonds is 26. The van der Waals surface area contributed by atoms with Gasteiger partial charge in [0, 0.05) is 19.8 Å². The zero-order valence-corrected chi connectivity index (χ0v) is 24.9. The fourth-order valence-corrected chi connectivity index (χ4v) is 5.34. The van der Waals surface area contributed by atoms with Gasteiger partial charge in [0.15, 0.2) is 11.2 Å². The Morgan fingerprint density at radius 3 is 2.05 bits per heavy atom. The lowest BCUT2D eigenvalue weighted by atomic mass is 10.0. The van der Waals surface area contributed by atoms with Gasteiger partial charge in [0.2, 0.25) is 0 Å². The van der Waals surface area contributed by atoms with Crippen molar-refractivity contribution < 1.29 is 23.5 Å². The average Bonchev–Trinajstić information content (AvgIpc) is 3.34.